The van der Waals surface area contributed by atoms with Crippen LogP contribution in [0.25, 0.3) is 0 Å². The van der Waals surface area contributed by atoms with Gasteiger partial charge in [0.25, 0.3) is 0 Å². The number of hydrogen-bond donors (Lipinski definition) is 3. The van der Waals surface area contributed by atoms with Crippen LogP contribution in [0.5, 0.6) is 0 Å². The summed E-state index contributed by atoms with van der Waals surface area (Å²) in [7, 11) is 0. The fraction of sp³-hybridized carbons (Fsp3) is 0.500. The molecule has 26 heavy (non-hydrogen) atoms. The maximum Gasteiger partial charge on any atom is 0.241 e. The molecule has 1 aromatic carbocycles. The second kappa shape index (κ2) is 11.5. The van der Waals surface area contributed by atoms with E-state index in [1.165, 1.54) is 0 Å². The molecule has 0 aromatic heterocycles. The molecule has 2 rings (SSSR count). The minimum atomic E-state index is -0.204. The van der Waals surface area contributed by atoms with Crippen LogP contribution < -0.4 is 16.4 Å². The highest BCUT2D eigenvalue weighted by atomic mass is 35.5. The predicted octanol–water partition coefficient (Wildman–Crippen LogP) is 0.0806. The fourth-order valence-electron chi connectivity index (χ4n) is 2.89. The van der Waals surface area contributed by atoms with Crippen molar-refractivity contribution in [1.82, 2.24) is 15.5 Å². The maximum atomic E-state index is 12.3. The molecule has 1 aliphatic heterocycles. The summed E-state index contributed by atoms with van der Waals surface area (Å²) in [6, 6.07) is 9.38. The van der Waals surface area contributed by atoms with Crippen molar-refractivity contribution in [3.8, 4) is 0 Å². The lowest BCUT2D eigenvalue weighted by atomic mass is 9.97. The fourth-order valence-corrected chi connectivity index (χ4v) is 2.89. The van der Waals surface area contributed by atoms with Gasteiger partial charge in [0.2, 0.25) is 17.7 Å². The lowest BCUT2D eigenvalue weighted by molar-refractivity contribution is -0.136. The molecule has 144 valence electrons. The number of rotatable bonds is 7. The van der Waals surface area contributed by atoms with E-state index in [-0.39, 0.29) is 49.0 Å². The van der Waals surface area contributed by atoms with Crippen molar-refractivity contribution in [3.05, 3.63) is 35.9 Å². The molecule has 0 radical (unpaired) electrons. The van der Waals surface area contributed by atoms with Gasteiger partial charge in [-0.1, -0.05) is 30.3 Å². The molecule has 0 bridgehead atoms. The van der Waals surface area contributed by atoms with Gasteiger partial charge in [-0.05, 0) is 18.4 Å². The van der Waals surface area contributed by atoms with Crippen molar-refractivity contribution in [2.24, 2.45) is 11.7 Å². The average Bonchev–Trinajstić information content (AvgIpc) is 2.65. The molecular weight excluding hydrogens is 356 g/mol. The topological polar surface area (TPSA) is 105 Å². The van der Waals surface area contributed by atoms with Crippen LogP contribution in [-0.2, 0) is 20.8 Å². The van der Waals surface area contributed by atoms with Crippen LogP contribution in [0.15, 0.2) is 30.3 Å². The Morgan fingerprint density at radius 3 is 2.58 bits per heavy atom. The number of halogens is 1. The number of piperidine rings is 1. The highest BCUT2D eigenvalue weighted by Gasteiger charge is 2.28. The summed E-state index contributed by atoms with van der Waals surface area (Å²) in [5.74, 6) is -0.605. The molecule has 1 heterocycles. The molecule has 8 heteroatoms. The molecule has 1 aliphatic rings. The van der Waals surface area contributed by atoms with Gasteiger partial charge in [0.15, 0.2) is 0 Å². The smallest absolute Gasteiger partial charge is 0.241 e. The molecule has 1 unspecified atom stereocenters. The Hall–Kier alpha value is -2.12. The summed E-state index contributed by atoms with van der Waals surface area (Å²) >= 11 is 0. The second-order valence-corrected chi connectivity index (χ2v) is 6.20. The zero-order valence-electron chi connectivity index (χ0n) is 14.8. The van der Waals surface area contributed by atoms with E-state index < -0.39 is 0 Å². The van der Waals surface area contributed by atoms with Crippen LogP contribution in [0.4, 0.5) is 0 Å². The third kappa shape index (κ3) is 7.01. The van der Waals surface area contributed by atoms with Crippen molar-refractivity contribution in [2.75, 3.05) is 32.7 Å². The van der Waals surface area contributed by atoms with E-state index in [1.807, 2.05) is 30.3 Å². The van der Waals surface area contributed by atoms with Gasteiger partial charge in [0.1, 0.15) is 0 Å². The highest BCUT2D eigenvalue weighted by molar-refractivity contribution is 5.86. The van der Waals surface area contributed by atoms with Gasteiger partial charge < -0.3 is 21.3 Å². The summed E-state index contributed by atoms with van der Waals surface area (Å²) in [5.41, 5.74) is 6.29. The standard InChI is InChI=1S/C18H26N4O3.ClH/c19-8-9-20-18(25)15-7-4-10-22(13-15)17(24)12-21-16(23)11-14-5-2-1-3-6-14;/h1-3,5-6,15H,4,7-13,19H2,(H,20,25)(H,21,23);1H. The number of benzene rings is 1. The number of nitrogens with zero attached hydrogens (tertiary/aromatic N) is 1. The van der Waals surface area contributed by atoms with Crippen molar-refractivity contribution < 1.29 is 14.4 Å². The van der Waals surface area contributed by atoms with Crippen molar-refractivity contribution in [3.63, 3.8) is 0 Å². The minimum absolute atomic E-state index is 0. The van der Waals surface area contributed by atoms with Crippen LogP contribution in [0, 0.1) is 5.92 Å². The monoisotopic (exact) mass is 382 g/mol. The third-order valence-corrected chi connectivity index (χ3v) is 4.23. The van der Waals surface area contributed by atoms with Gasteiger partial charge in [-0.2, -0.15) is 0 Å². The summed E-state index contributed by atoms with van der Waals surface area (Å²) < 4.78 is 0. The first-order valence-electron chi connectivity index (χ1n) is 8.66. The van der Waals surface area contributed by atoms with Crippen molar-refractivity contribution in [1.29, 1.82) is 0 Å². The number of nitrogens with one attached hydrogen (secondary N) is 2. The van der Waals surface area contributed by atoms with E-state index in [1.54, 1.807) is 4.90 Å². The Morgan fingerprint density at radius 1 is 1.15 bits per heavy atom. The lowest BCUT2D eigenvalue weighted by Gasteiger charge is -2.32. The van der Waals surface area contributed by atoms with E-state index in [4.69, 9.17) is 5.73 Å². The molecule has 4 N–H and O–H groups in total. The number of hydrogen-bond acceptors (Lipinski definition) is 4. The van der Waals surface area contributed by atoms with Gasteiger partial charge in [-0.3, -0.25) is 14.4 Å². The van der Waals surface area contributed by atoms with Crippen molar-refractivity contribution >= 4 is 30.1 Å². The first-order chi connectivity index (χ1) is 12.1. The summed E-state index contributed by atoms with van der Waals surface area (Å²) in [4.78, 5) is 37.9. The molecule has 1 saturated heterocycles. The van der Waals surface area contributed by atoms with Crippen LogP contribution in [0.3, 0.4) is 0 Å². The van der Waals surface area contributed by atoms with Crippen LogP contribution in [0.1, 0.15) is 18.4 Å². The number of likely N-dealkylation sites (tertiary alicyclic amines) is 1. The van der Waals surface area contributed by atoms with E-state index in [9.17, 15) is 14.4 Å². The summed E-state index contributed by atoms with van der Waals surface area (Å²) in [5, 5.41) is 5.43. The number of carbonyl (C=O) groups excluding carboxylic acids is 3. The van der Waals surface area contributed by atoms with Gasteiger partial charge in [-0.15, -0.1) is 12.4 Å². The van der Waals surface area contributed by atoms with E-state index in [0.29, 0.717) is 26.2 Å². The summed E-state index contributed by atoms with van der Waals surface area (Å²) in [6.07, 6.45) is 1.79. The molecule has 1 atom stereocenters. The zero-order valence-corrected chi connectivity index (χ0v) is 15.6. The van der Waals surface area contributed by atoms with E-state index >= 15 is 0 Å². The van der Waals surface area contributed by atoms with Crippen molar-refractivity contribution in [2.45, 2.75) is 19.3 Å². The number of nitrogens with two attached hydrogens (primary N) is 1. The SMILES string of the molecule is Cl.NCCNC(=O)C1CCCN(C(=O)CNC(=O)Cc2ccccc2)C1. The van der Waals surface area contributed by atoms with Gasteiger partial charge in [0.05, 0.1) is 18.9 Å². The summed E-state index contributed by atoms with van der Waals surface area (Å²) in [6.45, 7) is 1.81. The quantitative estimate of drug-likeness (QED) is 0.621. The minimum Gasteiger partial charge on any atom is -0.355 e. The van der Waals surface area contributed by atoms with E-state index in [0.717, 1.165) is 18.4 Å². The Morgan fingerprint density at radius 2 is 1.88 bits per heavy atom. The first-order valence-corrected chi connectivity index (χ1v) is 8.66. The average molecular weight is 383 g/mol. The number of carbonyl (C=O) groups is 3. The Balaban J connectivity index is 0.00000338. The van der Waals surface area contributed by atoms with Gasteiger partial charge in [0, 0.05) is 26.2 Å². The first kappa shape index (κ1) is 21.9. The van der Waals surface area contributed by atoms with Crippen LogP contribution in [-0.4, -0.2) is 55.3 Å². The Bertz CT molecular complexity index is 597. The maximum absolute atomic E-state index is 12.3. The van der Waals surface area contributed by atoms with Gasteiger partial charge >= 0.3 is 0 Å². The largest absolute Gasteiger partial charge is 0.355 e. The second-order valence-electron chi connectivity index (χ2n) is 6.20. The molecule has 0 spiro atoms. The van der Waals surface area contributed by atoms with Crippen LogP contribution >= 0.6 is 12.4 Å². The molecule has 7 nitrogen and oxygen atoms in total. The van der Waals surface area contributed by atoms with Gasteiger partial charge in [-0.25, -0.2) is 0 Å². The highest BCUT2D eigenvalue weighted by Crippen LogP contribution is 2.16. The molecule has 0 saturated carbocycles. The van der Waals surface area contributed by atoms with Crippen LogP contribution in [0.2, 0.25) is 0 Å². The number of amides is 3. The predicted molar refractivity (Wildman–Crippen MR) is 102 cm³/mol. The lowest BCUT2D eigenvalue weighted by Crippen LogP contribution is -2.48. The normalized spacial score (nSPS) is 16.3. The molecule has 1 fully saturated rings. The Labute approximate surface area is 160 Å². The molecule has 3 amide bonds. The molecular formula is C18H27ClN4O3. The van der Waals surface area contributed by atoms with E-state index in [2.05, 4.69) is 10.6 Å². The third-order valence-electron chi connectivity index (χ3n) is 4.23. The molecule has 1 aromatic rings. The Kier molecular flexibility index (Phi) is 9.69. The zero-order chi connectivity index (χ0) is 18.1. The molecule has 0 aliphatic carbocycles.